The maximum atomic E-state index is 12.8. The summed E-state index contributed by atoms with van der Waals surface area (Å²) in [5.74, 6) is -0.132. The quantitative estimate of drug-likeness (QED) is 0.623. The molecule has 0 saturated heterocycles. The lowest BCUT2D eigenvalue weighted by molar-refractivity contribution is 0.0988. The average molecular weight is 357 g/mol. The summed E-state index contributed by atoms with van der Waals surface area (Å²) in [7, 11) is 0. The number of anilines is 1. The third-order valence-corrected chi connectivity index (χ3v) is 4.93. The number of hydrogen-bond donors (Lipinski definition) is 0. The van der Waals surface area contributed by atoms with Crippen molar-refractivity contribution in [3.8, 4) is 11.3 Å². The maximum absolute atomic E-state index is 12.8. The molecule has 5 heteroatoms. The van der Waals surface area contributed by atoms with E-state index < -0.39 is 0 Å². The maximum Gasteiger partial charge on any atom is 0.261 e. The lowest BCUT2D eigenvalue weighted by Crippen LogP contribution is -2.30. The summed E-state index contributed by atoms with van der Waals surface area (Å²) in [4.78, 5) is 19.1. The Hall–Kier alpha value is -2.17. The van der Waals surface area contributed by atoms with Crippen LogP contribution < -0.4 is 4.90 Å². The summed E-state index contributed by atoms with van der Waals surface area (Å²) in [5, 5.41) is 3.11. The van der Waals surface area contributed by atoms with Gasteiger partial charge >= 0.3 is 0 Å². The van der Waals surface area contributed by atoms with Gasteiger partial charge in [-0.25, -0.2) is 4.98 Å². The van der Waals surface area contributed by atoms with Gasteiger partial charge in [0.25, 0.3) is 5.91 Å². The van der Waals surface area contributed by atoms with E-state index in [9.17, 15) is 4.79 Å². The van der Waals surface area contributed by atoms with Crippen molar-refractivity contribution < 1.29 is 4.79 Å². The molecule has 0 saturated carbocycles. The molecule has 0 bridgehead atoms. The van der Waals surface area contributed by atoms with Crippen LogP contribution in [-0.2, 0) is 0 Å². The van der Waals surface area contributed by atoms with Crippen LogP contribution in [0.5, 0.6) is 0 Å². The summed E-state index contributed by atoms with van der Waals surface area (Å²) in [6.07, 6.45) is 0. The van der Waals surface area contributed by atoms with Gasteiger partial charge in [-0.15, -0.1) is 11.3 Å². The van der Waals surface area contributed by atoms with Crippen LogP contribution in [0, 0.1) is 6.92 Å². The molecule has 0 aliphatic rings. The van der Waals surface area contributed by atoms with E-state index in [0.717, 1.165) is 11.3 Å². The number of aromatic nitrogens is 1. The molecule has 0 fully saturated rings. The van der Waals surface area contributed by atoms with Crippen molar-refractivity contribution in [2.45, 2.75) is 13.8 Å². The minimum Gasteiger partial charge on any atom is -0.284 e. The van der Waals surface area contributed by atoms with Gasteiger partial charge in [-0.3, -0.25) is 9.69 Å². The van der Waals surface area contributed by atoms with Crippen molar-refractivity contribution in [1.82, 2.24) is 4.98 Å². The Morgan fingerprint density at radius 3 is 2.54 bits per heavy atom. The lowest BCUT2D eigenvalue weighted by atomic mass is 10.1. The number of thiazole rings is 1. The molecule has 0 aliphatic carbocycles. The molecule has 0 atom stereocenters. The van der Waals surface area contributed by atoms with Crippen molar-refractivity contribution >= 4 is 34.0 Å². The number of benzene rings is 2. The van der Waals surface area contributed by atoms with Crippen molar-refractivity contribution in [1.29, 1.82) is 0 Å². The minimum atomic E-state index is -0.132. The number of carbonyl (C=O) groups excluding carboxylic acids is 1. The molecular weight excluding hydrogens is 340 g/mol. The first-order chi connectivity index (χ1) is 11.6. The van der Waals surface area contributed by atoms with E-state index >= 15 is 0 Å². The molecule has 122 valence electrons. The molecule has 0 unspecified atom stereocenters. The zero-order valence-electron chi connectivity index (χ0n) is 13.5. The van der Waals surface area contributed by atoms with E-state index in [1.807, 2.05) is 36.6 Å². The van der Waals surface area contributed by atoms with Gasteiger partial charge in [-0.2, -0.15) is 0 Å². The molecule has 0 aliphatic heterocycles. The highest BCUT2D eigenvalue weighted by atomic mass is 35.5. The summed E-state index contributed by atoms with van der Waals surface area (Å²) >= 11 is 7.62. The van der Waals surface area contributed by atoms with Crippen molar-refractivity contribution in [2.75, 3.05) is 11.4 Å². The Morgan fingerprint density at radius 1 is 1.17 bits per heavy atom. The summed E-state index contributed by atoms with van der Waals surface area (Å²) in [6, 6.07) is 15.3. The fraction of sp³-hybridized carbons (Fsp3) is 0.158. The molecular formula is C19H17ClN2OS. The second kappa shape index (κ2) is 7.16. The second-order valence-corrected chi connectivity index (χ2v) is 6.65. The van der Waals surface area contributed by atoms with E-state index in [-0.39, 0.29) is 5.91 Å². The zero-order chi connectivity index (χ0) is 17.1. The minimum absolute atomic E-state index is 0.132. The Morgan fingerprint density at radius 2 is 1.88 bits per heavy atom. The van der Waals surface area contributed by atoms with Crippen LogP contribution in [0.1, 0.15) is 22.8 Å². The molecule has 1 aromatic heterocycles. The van der Waals surface area contributed by atoms with Gasteiger partial charge in [-0.1, -0.05) is 53.6 Å². The molecule has 3 nitrogen and oxygen atoms in total. The van der Waals surface area contributed by atoms with Gasteiger partial charge in [0, 0.05) is 17.5 Å². The third-order valence-electron chi connectivity index (χ3n) is 3.74. The smallest absolute Gasteiger partial charge is 0.261 e. The van der Waals surface area contributed by atoms with Gasteiger partial charge in [0.05, 0.1) is 16.3 Å². The van der Waals surface area contributed by atoms with Gasteiger partial charge in [0.1, 0.15) is 0 Å². The number of amides is 1. The number of rotatable bonds is 4. The zero-order valence-corrected chi connectivity index (χ0v) is 15.1. The molecule has 1 heterocycles. The molecule has 3 aromatic rings. The number of nitrogens with zero attached hydrogens (tertiary/aromatic N) is 2. The van der Waals surface area contributed by atoms with Crippen LogP contribution in [0.3, 0.4) is 0 Å². The predicted molar refractivity (Wildman–Crippen MR) is 101 cm³/mol. The monoisotopic (exact) mass is 356 g/mol. The highest BCUT2D eigenvalue weighted by molar-refractivity contribution is 7.14. The topological polar surface area (TPSA) is 33.2 Å². The number of aryl methyl sites for hydroxylation is 1. The van der Waals surface area contributed by atoms with Crippen LogP contribution in [0.4, 0.5) is 5.13 Å². The average Bonchev–Trinajstić information content (AvgIpc) is 3.06. The molecule has 0 spiro atoms. The van der Waals surface area contributed by atoms with E-state index in [4.69, 9.17) is 11.6 Å². The largest absolute Gasteiger partial charge is 0.284 e. The van der Waals surface area contributed by atoms with Crippen LogP contribution in [0.15, 0.2) is 53.9 Å². The summed E-state index contributed by atoms with van der Waals surface area (Å²) in [5.41, 5.74) is 3.62. The molecule has 24 heavy (non-hydrogen) atoms. The first-order valence-electron chi connectivity index (χ1n) is 7.69. The summed E-state index contributed by atoms with van der Waals surface area (Å²) < 4.78 is 0. The highest BCUT2D eigenvalue weighted by Crippen LogP contribution is 2.29. The van der Waals surface area contributed by atoms with Crippen LogP contribution in [0.25, 0.3) is 11.3 Å². The van der Waals surface area contributed by atoms with Crippen LogP contribution >= 0.6 is 22.9 Å². The van der Waals surface area contributed by atoms with E-state index in [1.54, 1.807) is 17.0 Å². The van der Waals surface area contributed by atoms with E-state index in [1.165, 1.54) is 16.9 Å². The molecule has 0 radical (unpaired) electrons. The third kappa shape index (κ3) is 3.35. The number of carbonyl (C=O) groups is 1. The molecule has 0 N–H and O–H groups in total. The van der Waals surface area contributed by atoms with Crippen molar-refractivity contribution in [3.63, 3.8) is 0 Å². The number of halogens is 1. The summed E-state index contributed by atoms with van der Waals surface area (Å²) in [6.45, 7) is 4.52. The Balaban J connectivity index is 1.91. The lowest BCUT2D eigenvalue weighted by Gasteiger charge is -2.18. The van der Waals surface area contributed by atoms with E-state index in [0.29, 0.717) is 22.3 Å². The Kier molecular flexibility index (Phi) is 4.97. The second-order valence-electron chi connectivity index (χ2n) is 5.41. The van der Waals surface area contributed by atoms with E-state index in [2.05, 4.69) is 24.0 Å². The molecule has 2 aromatic carbocycles. The van der Waals surface area contributed by atoms with Gasteiger partial charge in [-0.05, 0) is 26.0 Å². The normalized spacial score (nSPS) is 10.6. The highest BCUT2D eigenvalue weighted by Gasteiger charge is 2.21. The fourth-order valence-electron chi connectivity index (χ4n) is 2.39. The van der Waals surface area contributed by atoms with Crippen molar-refractivity contribution in [3.05, 3.63) is 70.1 Å². The predicted octanol–water partition coefficient (Wildman–Crippen LogP) is 5.44. The fourth-order valence-corrected chi connectivity index (χ4v) is 3.50. The SMILES string of the molecule is CCN(C(=O)c1ccccc1Cl)c1nc(-c2ccc(C)cc2)cs1. The number of hydrogen-bond acceptors (Lipinski definition) is 3. The van der Waals surface area contributed by atoms with Gasteiger partial charge < -0.3 is 0 Å². The standard InChI is InChI=1S/C19H17ClN2OS/c1-3-22(18(23)15-6-4-5-7-16(15)20)19-21-17(12-24-19)14-10-8-13(2)9-11-14/h4-12H,3H2,1-2H3. The van der Waals surface area contributed by atoms with Crippen molar-refractivity contribution in [2.24, 2.45) is 0 Å². The molecule has 1 amide bonds. The Bertz CT molecular complexity index is 858. The van der Waals surface area contributed by atoms with Gasteiger partial charge in [0.15, 0.2) is 5.13 Å². The first kappa shape index (κ1) is 16.7. The van der Waals surface area contributed by atoms with Crippen LogP contribution in [0.2, 0.25) is 5.02 Å². The van der Waals surface area contributed by atoms with Crippen LogP contribution in [-0.4, -0.2) is 17.4 Å². The van der Waals surface area contributed by atoms with Gasteiger partial charge in [0.2, 0.25) is 0 Å². The Labute approximate surface area is 150 Å². The first-order valence-corrected chi connectivity index (χ1v) is 8.95. The molecule has 3 rings (SSSR count).